The van der Waals surface area contributed by atoms with Crippen molar-refractivity contribution in [2.75, 3.05) is 7.11 Å². The SMILES string of the molecule is CC[C@H](C)N1C(=O)/C(=C/c2cccc(OC)c2)SC1=S. The van der Waals surface area contributed by atoms with Crippen molar-refractivity contribution in [3.05, 3.63) is 34.7 Å². The van der Waals surface area contributed by atoms with Crippen LogP contribution >= 0.6 is 24.0 Å². The van der Waals surface area contributed by atoms with E-state index in [2.05, 4.69) is 6.92 Å². The molecule has 0 spiro atoms. The molecule has 1 atom stereocenters. The number of hydrogen-bond donors (Lipinski definition) is 0. The Balaban J connectivity index is 2.27. The molecule has 2 rings (SSSR count). The zero-order chi connectivity index (χ0) is 14.7. The standard InChI is InChI=1S/C15H17NO2S2/c1-4-10(2)16-14(17)13(20-15(16)19)9-11-6-5-7-12(8-11)18-3/h5-10H,4H2,1-3H3/b13-9-/t10-/m0/s1. The summed E-state index contributed by atoms with van der Waals surface area (Å²) in [6.07, 6.45) is 2.75. The van der Waals surface area contributed by atoms with Crippen LogP contribution in [0.4, 0.5) is 0 Å². The van der Waals surface area contributed by atoms with E-state index in [1.165, 1.54) is 11.8 Å². The van der Waals surface area contributed by atoms with Crippen LogP contribution in [-0.4, -0.2) is 28.3 Å². The molecule has 0 radical (unpaired) electrons. The maximum atomic E-state index is 12.4. The van der Waals surface area contributed by atoms with Gasteiger partial charge in [0.15, 0.2) is 0 Å². The molecule has 1 heterocycles. The summed E-state index contributed by atoms with van der Waals surface area (Å²) in [5.41, 5.74) is 0.939. The summed E-state index contributed by atoms with van der Waals surface area (Å²) < 4.78 is 5.82. The Morgan fingerprint density at radius 2 is 2.25 bits per heavy atom. The molecule has 5 heteroatoms. The smallest absolute Gasteiger partial charge is 0.266 e. The molecule has 1 saturated heterocycles. The van der Waals surface area contributed by atoms with Crippen LogP contribution in [0.25, 0.3) is 6.08 Å². The van der Waals surface area contributed by atoms with E-state index in [1.807, 2.05) is 37.3 Å². The minimum absolute atomic E-state index is 0.00262. The summed E-state index contributed by atoms with van der Waals surface area (Å²) in [5.74, 6) is 0.772. The highest BCUT2D eigenvalue weighted by Gasteiger charge is 2.34. The van der Waals surface area contributed by atoms with Gasteiger partial charge in [0.05, 0.1) is 12.0 Å². The van der Waals surface area contributed by atoms with Crippen molar-refractivity contribution >= 4 is 40.3 Å². The Kier molecular flexibility index (Phi) is 4.83. The van der Waals surface area contributed by atoms with E-state index in [0.29, 0.717) is 9.23 Å². The van der Waals surface area contributed by atoms with Gasteiger partial charge in [0, 0.05) is 6.04 Å². The lowest BCUT2D eigenvalue weighted by molar-refractivity contribution is -0.123. The highest BCUT2D eigenvalue weighted by Crippen LogP contribution is 2.34. The van der Waals surface area contributed by atoms with Crippen molar-refractivity contribution in [2.24, 2.45) is 0 Å². The van der Waals surface area contributed by atoms with Gasteiger partial charge >= 0.3 is 0 Å². The van der Waals surface area contributed by atoms with E-state index >= 15 is 0 Å². The molecule has 1 aromatic carbocycles. The van der Waals surface area contributed by atoms with E-state index < -0.39 is 0 Å². The number of thioether (sulfide) groups is 1. The monoisotopic (exact) mass is 307 g/mol. The van der Waals surface area contributed by atoms with Gasteiger partial charge in [-0.2, -0.15) is 0 Å². The van der Waals surface area contributed by atoms with Gasteiger partial charge in [-0.05, 0) is 37.1 Å². The molecule has 1 aromatic rings. The second kappa shape index (κ2) is 6.41. The summed E-state index contributed by atoms with van der Waals surface area (Å²) in [6, 6.07) is 7.76. The summed E-state index contributed by atoms with van der Waals surface area (Å²) in [6.45, 7) is 4.06. The summed E-state index contributed by atoms with van der Waals surface area (Å²) in [7, 11) is 1.63. The first kappa shape index (κ1) is 15.1. The largest absolute Gasteiger partial charge is 0.497 e. The van der Waals surface area contributed by atoms with Crippen LogP contribution < -0.4 is 4.74 Å². The Morgan fingerprint density at radius 1 is 1.50 bits per heavy atom. The second-order valence-electron chi connectivity index (χ2n) is 4.59. The number of ether oxygens (including phenoxy) is 1. The van der Waals surface area contributed by atoms with Crippen LogP contribution in [0.5, 0.6) is 5.75 Å². The molecular weight excluding hydrogens is 290 g/mol. The Hall–Kier alpha value is -1.33. The lowest BCUT2D eigenvalue weighted by Crippen LogP contribution is -2.36. The fourth-order valence-corrected chi connectivity index (χ4v) is 3.39. The molecule has 0 saturated carbocycles. The summed E-state index contributed by atoms with van der Waals surface area (Å²) in [5, 5.41) is 0. The normalized spacial score (nSPS) is 18.8. The molecule has 1 amide bonds. The molecule has 20 heavy (non-hydrogen) atoms. The van der Waals surface area contributed by atoms with Gasteiger partial charge in [-0.3, -0.25) is 9.69 Å². The van der Waals surface area contributed by atoms with E-state index in [9.17, 15) is 4.79 Å². The number of amides is 1. The van der Waals surface area contributed by atoms with E-state index in [-0.39, 0.29) is 11.9 Å². The van der Waals surface area contributed by atoms with Gasteiger partial charge in [0.25, 0.3) is 5.91 Å². The van der Waals surface area contributed by atoms with Crippen LogP contribution in [0.1, 0.15) is 25.8 Å². The molecule has 0 bridgehead atoms. The molecule has 1 aliphatic rings. The molecule has 1 aliphatic heterocycles. The molecular formula is C15H17NO2S2. The van der Waals surface area contributed by atoms with Crippen molar-refractivity contribution in [1.29, 1.82) is 0 Å². The molecule has 0 aromatic heterocycles. The number of rotatable bonds is 4. The molecule has 0 unspecified atom stereocenters. The minimum Gasteiger partial charge on any atom is -0.497 e. The lowest BCUT2D eigenvalue weighted by atomic mass is 10.2. The van der Waals surface area contributed by atoms with Crippen molar-refractivity contribution in [3.63, 3.8) is 0 Å². The quantitative estimate of drug-likeness (QED) is 0.627. The first-order valence-corrected chi connectivity index (χ1v) is 7.70. The van der Waals surface area contributed by atoms with Crippen molar-refractivity contribution in [3.8, 4) is 5.75 Å². The summed E-state index contributed by atoms with van der Waals surface area (Å²) in [4.78, 5) is 14.8. The molecule has 3 nitrogen and oxygen atoms in total. The number of hydrogen-bond acceptors (Lipinski definition) is 4. The van der Waals surface area contributed by atoms with Crippen molar-refractivity contribution < 1.29 is 9.53 Å². The third-order valence-electron chi connectivity index (χ3n) is 3.25. The lowest BCUT2D eigenvalue weighted by Gasteiger charge is -2.21. The first-order valence-electron chi connectivity index (χ1n) is 6.48. The predicted octanol–water partition coefficient (Wildman–Crippen LogP) is 3.69. The highest BCUT2D eigenvalue weighted by atomic mass is 32.2. The Morgan fingerprint density at radius 3 is 2.90 bits per heavy atom. The number of carbonyl (C=O) groups excluding carboxylic acids is 1. The second-order valence-corrected chi connectivity index (χ2v) is 6.26. The zero-order valence-electron chi connectivity index (χ0n) is 11.8. The maximum Gasteiger partial charge on any atom is 0.266 e. The van der Waals surface area contributed by atoms with Crippen LogP contribution in [0.3, 0.4) is 0 Å². The molecule has 106 valence electrons. The van der Waals surface area contributed by atoms with Gasteiger partial charge in [-0.25, -0.2) is 0 Å². The first-order chi connectivity index (χ1) is 9.56. The number of methoxy groups -OCH3 is 1. The fraction of sp³-hybridized carbons (Fsp3) is 0.333. The molecule has 0 aliphatic carbocycles. The average molecular weight is 307 g/mol. The number of carbonyl (C=O) groups is 1. The van der Waals surface area contributed by atoms with E-state index in [4.69, 9.17) is 17.0 Å². The van der Waals surface area contributed by atoms with Gasteiger partial charge in [0.2, 0.25) is 0 Å². The Bertz CT molecular complexity index is 569. The third kappa shape index (κ3) is 3.04. The average Bonchev–Trinajstić information content (AvgIpc) is 2.73. The van der Waals surface area contributed by atoms with Crippen LogP contribution in [0.2, 0.25) is 0 Å². The minimum atomic E-state index is -0.00262. The van der Waals surface area contributed by atoms with Crippen LogP contribution in [0.15, 0.2) is 29.2 Å². The summed E-state index contributed by atoms with van der Waals surface area (Å²) >= 11 is 6.67. The molecule has 0 N–H and O–H groups in total. The maximum absolute atomic E-state index is 12.4. The van der Waals surface area contributed by atoms with Gasteiger partial charge in [0.1, 0.15) is 10.1 Å². The van der Waals surface area contributed by atoms with Gasteiger partial charge in [-0.1, -0.05) is 43.0 Å². The fourth-order valence-electron chi connectivity index (χ4n) is 1.93. The zero-order valence-corrected chi connectivity index (χ0v) is 13.4. The van der Waals surface area contributed by atoms with E-state index in [1.54, 1.807) is 12.0 Å². The highest BCUT2D eigenvalue weighted by molar-refractivity contribution is 8.26. The third-order valence-corrected chi connectivity index (χ3v) is 4.58. The van der Waals surface area contributed by atoms with Gasteiger partial charge in [-0.15, -0.1) is 0 Å². The van der Waals surface area contributed by atoms with Crippen molar-refractivity contribution in [1.82, 2.24) is 4.90 Å². The number of nitrogens with zero attached hydrogens (tertiary/aromatic N) is 1. The van der Waals surface area contributed by atoms with Crippen LogP contribution in [-0.2, 0) is 4.79 Å². The van der Waals surface area contributed by atoms with Crippen molar-refractivity contribution in [2.45, 2.75) is 26.3 Å². The molecule has 1 fully saturated rings. The number of benzene rings is 1. The van der Waals surface area contributed by atoms with E-state index in [0.717, 1.165) is 17.7 Å². The number of thiocarbonyl (C=S) groups is 1. The Labute approximate surface area is 129 Å². The van der Waals surface area contributed by atoms with Gasteiger partial charge < -0.3 is 4.74 Å². The predicted molar refractivity (Wildman–Crippen MR) is 87.8 cm³/mol. The van der Waals surface area contributed by atoms with Crippen LogP contribution in [0, 0.1) is 0 Å². The topological polar surface area (TPSA) is 29.5 Å².